The molecule has 0 saturated carbocycles. The largest absolute Gasteiger partial charge is 0.445 e. The first kappa shape index (κ1) is 12.3. The maximum Gasteiger partial charge on any atom is 0.227 e. The molecule has 1 amide bonds. The lowest BCUT2D eigenvalue weighted by Crippen LogP contribution is -2.24. The molecule has 0 aliphatic heterocycles. The Kier molecular flexibility index (Phi) is 3.72. The Labute approximate surface area is 105 Å². The van der Waals surface area contributed by atoms with Crippen LogP contribution in [0.5, 0.6) is 0 Å². The van der Waals surface area contributed by atoms with E-state index in [0.29, 0.717) is 18.2 Å². The number of aryl methyl sites for hydroxylation is 2. The van der Waals surface area contributed by atoms with E-state index in [4.69, 9.17) is 4.42 Å². The van der Waals surface area contributed by atoms with Crippen LogP contribution in [0.4, 0.5) is 0 Å². The van der Waals surface area contributed by atoms with Crippen molar-refractivity contribution in [2.75, 3.05) is 0 Å². The van der Waals surface area contributed by atoms with E-state index in [9.17, 15) is 4.79 Å². The highest BCUT2D eigenvalue weighted by Crippen LogP contribution is 2.09. The molecule has 0 saturated heterocycles. The van der Waals surface area contributed by atoms with Crippen molar-refractivity contribution in [2.24, 2.45) is 0 Å². The van der Waals surface area contributed by atoms with E-state index in [1.54, 1.807) is 19.3 Å². The highest BCUT2D eigenvalue weighted by atomic mass is 16.4. The number of oxazole rings is 1. The molecule has 2 rings (SSSR count). The summed E-state index contributed by atoms with van der Waals surface area (Å²) >= 11 is 0. The number of hydrogen-bond donors (Lipinski definition) is 1. The summed E-state index contributed by atoms with van der Waals surface area (Å²) in [4.78, 5) is 19.8. The normalized spacial score (nSPS) is 10.3. The highest BCUT2D eigenvalue weighted by Gasteiger charge is 2.11. The number of nitrogens with zero attached hydrogens (tertiary/aromatic N) is 2. The zero-order valence-electron chi connectivity index (χ0n) is 10.4. The average molecular weight is 245 g/mol. The summed E-state index contributed by atoms with van der Waals surface area (Å²) in [6.45, 7) is 4.07. The van der Waals surface area contributed by atoms with E-state index >= 15 is 0 Å². The smallest absolute Gasteiger partial charge is 0.227 e. The topological polar surface area (TPSA) is 68.0 Å². The zero-order chi connectivity index (χ0) is 13.0. The van der Waals surface area contributed by atoms with Gasteiger partial charge in [-0.3, -0.25) is 9.78 Å². The van der Waals surface area contributed by atoms with Gasteiger partial charge in [-0.1, -0.05) is 6.07 Å². The molecule has 0 atom stereocenters. The van der Waals surface area contributed by atoms with Crippen LogP contribution in [0.1, 0.15) is 22.9 Å². The van der Waals surface area contributed by atoms with E-state index in [1.807, 2.05) is 19.1 Å². The number of pyridine rings is 1. The molecule has 0 aliphatic carbocycles. The Hall–Kier alpha value is -2.17. The number of amides is 1. The quantitative estimate of drug-likeness (QED) is 0.887. The van der Waals surface area contributed by atoms with Crippen molar-refractivity contribution >= 4 is 5.91 Å². The summed E-state index contributed by atoms with van der Waals surface area (Å²) < 4.78 is 5.35. The summed E-state index contributed by atoms with van der Waals surface area (Å²) in [6.07, 6.45) is 3.64. The van der Waals surface area contributed by atoms with Crippen molar-refractivity contribution < 1.29 is 9.21 Å². The van der Waals surface area contributed by atoms with Gasteiger partial charge in [-0.25, -0.2) is 4.98 Å². The Balaban J connectivity index is 1.88. The minimum absolute atomic E-state index is 0.0851. The van der Waals surface area contributed by atoms with E-state index < -0.39 is 0 Å². The van der Waals surface area contributed by atoms with Gasteiger partial charge in [0, 0.05) is 25.9 Å². The molecule has 0 fully saturated rings. The van der Waals surface area contributed by atoms with Crippen molar-refractivity contribution in [1.29, 1.82) is 0 Å². The van der Waals surface area contributed by atoms with Crippen molar-refractivity contribution in [2.45, 2.75) is 26.8 Å². The summed E-state index contributed by atoms with van der Waals surface area (Å²) in [5.74, 6) is 1.12. The van der Waals surface area contributed by atoms with Gasteiger partial charge in [-0.2, -0.15) is 0 Å². The monoisotopic (exact) mass is 245 g/mol. The second-order valence-electron chi connectivity index (χ2n) is 4.06. The number of carbonyl (C=O) groups excluding carboxylic acids is 1. The molecule has 0 spiro atoms. The van der Waals surface area contributed by atoms with Gasteiger partial charge in [0.05, 0.1) is 12.1 Å². The molecule has 5 nitrogen and oxygen atoms in total. The molecule has 0 radical (unpaired) electrons. The molecular formula is C13H15N3O2. The van der Waals surface area contributed by atoms with Gasteiger partial charge in [0.2, 0.25) is 5.91 Å². The highest BCUT2D eigenvalue weighted by molar-refractivity contribution is 5.78. The standard InChI is InChI=1S/C13H15N3O2/c1-9-12(18-10(2)16-9)6-13(17)15-8-11-4-3-5-14-7-11/h3-5,7H,6,8H2,1-2H3,(H,15,17). The molecule has 0 aromatic carbocycles. The number of rotatable bonds is 4. The first-order valence-corrected chi connectivity index (χ1v) is 5.73. The fraction of sp³-hybridized carbons (Fsp3) is 0.308. The van der Waals surface area contributed by atoms with Gasteiger partial charge in [-0.15, -0.1) is 0 Å². The second kappa shape index (κ2) is 5.44. The lowest BCUT2D eigenvalue weighted by atomic mass is 10.2. The molecule has 0 aliphatic rings. The summed E-state index contributed by atoms with van der Waals surface area (Å²) in [6, 6.07) is 3.75. The maximum absolute atomic E-state index is 11.7. The average Bonchev–Trinajstić information content (AvgIpc) is 2.67. The molecule has 5 heteroatoms. The molecule has 2 heterocycles. The van der Waals surface area contributed by atoms with Crippen LogP contribution in [0.25, 0.3) is 0 Å². The van der Waals surface area contributed by atoms with Gasteiger partial charge in [0.25, 0.3) is 0 Å². The van der Waals surface area contributed by atoms with Crippen LogP contribution in [0, 0.1) is 13.8 Å². The third kappa shape index (κ3) is 3.16. The number of nitrogens with one attached hydrogen (secondary N) is 1. The van der Waals surface area contributed by atoms with Crippen LogP contribution in [-0.2, 0) is 17.8 Å². The van der Waals surface area contributed by atoms with Crippen molar-refractivity contribution in [3.63, 3.8) is 0 Å². The maximum atomic E-state index is 11.7. The van der Waals surface area contributed by atoms with E-state index in [-0.39, 0.29) is 12.3 Å². The van der Waals surface area contributed by atoms with Crippen LogP contribution >= 0.6 is 0 Å². The molecule has 2 aromatic rings. The van der Waals surface area contributed by atoms with Gasteiger partial charge in [-0.05, 0) is 18.6 Å². The molecule has 94 valence electrons. The zero-order valence-corrected chi connectivity index (χ0v) is 10.4. The van der Waals surface area contributed by atoms with Crippen molar-refractivity contribution in [3.8, 4) is 0 Å². The van der Waals surface area contributed by atoms with Crippen LogP contribution in [0.2, 0.25) is 0 Å². The fourth-order valence-corrected chi connectivity index (χ4v) is 1.65. The molecule has 0 bridgehead atoms. The predicted molar refractivity (Wildman–Crippen MR) is 65.8 cm³/mol. The minimum atomic E-state index is -0.0851. The lowest BCUT2D eigenvalue weighted by Gasteiger charge is -2.03. The van der Waals surface area contributed by atoms with E-state index in [2.05, 4.69) is 15.3 Å². The van der Waals surface area contributed by atoms with E-state index in [0.717, 1.165) is 11.3 Å². The lowest BCUT2D eigenvalue weighted by molar-refractivity contribution is -0.120. The SMILES string of the molecule is Cc1nc(C)c(CC(=O)NCc2cccnc2)o1. The van der Waals surface area contributed by atoms with Crippen LogP contribution in [0.15, 0.2) is 28.9 Å². The first-order valence-electron chi connectivity index (χ1n) is 5.73. The van der Waals surface area contributed by atoms with Crippen molar-refractivity contribution in [1.82, 2.24) is 15.3 Å². The van der Waals surface area contributed by atoms with Gasteiger partial charge in [0.15, 0.2) is 5.89 Å². The minimum Gasteiger partial charge on any atom is -0.445 e. The third-order valence-corrected chi connectivity index (χ3v) is 2.53. The molecule has 0 unspecified atom stereocenters. The first-order chi connectivity index (χ1) is 8.65. The number of aromatic nitrogens is 2. The molecular weight excluding hydrogens is 230 g/mol. The van der Waals surface area contributed by atoms with Gasteiger partial charge in [0.1, 0.15) is 5.76 Å². The third-order valence-electron chi connectivity index (χ3n) is 2.53. The van der Waals surface area contributed by atoms with Crippen molar-refractivity contribution in [3.05, 3.63) is 47.4 Å². The number of carbonyl (C=O) groups is 1. The van der Waals surface area contributed by atoms with Gasteiger partial charge < -0.3 is 9.73 Å². The van der Waals surface area contributed by atoms with Crippen LogP contribution in [-0.4, -0.2) is 15.9 Å². The molecule has 2 aromatic heterocycles. The Morgan fingerprint density at radius 1 is 1.44 bits per heavy atom. The number of hydrogen-bond acceptors (Lipinski definition) is 4. The summed E-state index contributed by atoms with van der Waals surface area (Å²) in [5.41, 5.74) is 1.74. The van der Waals surface area contributed by atoms with Gasteiger partial charge >= 0.3 is 0 Å². The summed E-state index contributed by atoms with van der Waals surface area (Å²) in [7, 11) is 0. The Bertz CT molecular complexity index is 534. The van der Waals surface area contributed by atoms with Crippen LogP contribution < -0.4 is 5.32 Å². The van der Waals surface area contributed by atoms with E-state index in [1.165, 1.54) is 0 Å². The summed E-state index contributed by atoms with van der Waals surface area (Å²) in [5, 5.41) is 2.82. The molecule has 1 N–H and O–H groups in total. The Morgan fingerprint density at radius 3 is 2.89 bits per heavy atom. The second-order valence-corrected chi connectivity index (χ2v) is 4.06. The fourth-order valence-electron chi connectivity index (χ4n) is 1.65. The predicted octanol–water partition coefficient (Wildman–Crippen LogP) is 1.55. The molecule has 18 heavy (non-hydrogen) atoms. The van der Waals surface area contributed by atoms with Crippen LogP contribution in [0.3, 0.4) is 0 Å². The Morgan fingerprint density at radius 2 is 2.28 bits per heavy atom.